The number of anilines is 1. The summed E-state index contributed by atoms with van der Waals surface area (Å²) in [6.45, 7) is 1.36. The van der Waals surface area contributed by atoms with Crippen LogP contribution >= 0.6 is 0 Å². The van der Waals surface area contributed by atoms with Crippen molar-refractivity contribution >= 4 is 28.7 Å². The third-order valence-corrected chi connectivity index (χ3v) is 5.07. The van der Waals surface area contributed by atoms with Crippen molar-refractivity contribution in [3.05, 3.63) is 36.4 Å². The molecule has 1 aliphatic rings. The molecular formula is C20H26N4O4. The molecular weight excluding hydrogens is 360 g/mol. The van der Waals surface area contributed by atoms with E-state index in [-0.39, 0.29) is 19.1 Å². The molecule has 0 bridgehead atoms. The van der Waals surface area contributed by atoms with Gasteiger partial charge in [0.25, 0.3) is 5.91 Å². The molecule has 8 heteroatoms. The topological polar surface area (TPSA) is 104 Å². The highest BCUT2D eigenvalue weighted by Gasteiger charge is 2.32. The fourth-order valence-electron chi connectivity index (χ4n) is 3.28. The molecule has 28 heavy (non-hydrogen) atoms. The number of aliphatic hydroxyl groups is 1. The summed E-state index contributed by atoms with van der Waals surface area (Å²) < 4.78 is 4.77. The van der Waals surface area contributed by atoms with Crippen LogP contribution in [0.5, 0.6) is 0 Å². The van der Waals surface area contributed by atoms with Gasteiger partial charge in [-0.25, -0.2) is 9.78 Å². The highest BCUT2D eigenvalue weighted by molar-refractivity contribution is 5.80. The number of nitrogens with one attached hydrogen (secondary N) is 2. The summed E-state index contributed by atoms with van der Waals surface area (Å²) in [6, 6.07) is 12.1. The van der Waals surface area contributed by atoms with Crippen LogP contribution in [0.25, 0.3) is 10.9 Å². The zero-order chi connectivity index (χ0) is 20.0. The quantitative estimate of drug-likeness (QED) is 0.694. The normalized spacial score (nSPS) is 15.9. The molecule has 3 N–H and O–H groups in total. The number of hydrogen-bond acceptors (Lipinski definition) is 6. The molecule has 150 valence electrons. The van der Waals surface area contributed by atoms with Crippen LogP contribution in [-0.2, 0) is 9.53 Å². The van der Waals surface area contributed by atoms with Crippen LogP contribution in [0.4, 0.5) is 10.6 Å². The maximum absolute atomic E-state index is 11.5. The van der Waals surface area contributed by atoms with Crippen LogP contribution in [0.3, 0.4) is 0 Å². The van der Waals surface area contributed by atoms with Gasteiger partial charge in [0.2, 0.25) is 0 Å². The number of ether oxygens (including phenoxy) is 1. The number of aromatic nitrogens is 1. The van der Waals surface area contributed by atoms with E-state index in [1.54, 1.807) is 0 Å². The Balaban J connectivity index is 1.45. The second-order valence-corrected chi connectivity index (χ2v) is 7.00. The van der Waals surface area contributed by atoms with E-state index in [9.17, 15) is 14.7 Å². The van der Waals surface area contributed by atoms with E-state index in [4.69, 9.17) is 9.72 Å². The van der Waals surface area contributed by atoms with E-state index in [1.807, 2.05) is 30.3 Å². The Morgan fingerprint density at radius 1 is 1.21 bits per heavy atom. The molecule has 1 aromatic carbocycles. The van der Waals surface area contributed by atoms with Crippen LogP contribution < -0.4 is 15.5 Å². The number of hydrogen-bond donors (Lipinski definition) is 3. The van der Waals surface area contributed by atoms with Crippen LogP contribution in [0.2, 0.25) is 0 Å². The number of carbonyl (C=O) groups is 2. The largest absolute Gasteiger partial charge is 0.439 e. The van der Waals surface area contributed by atoms with Gasteiger partial charge in [0, 0.05) is 32.1 Å². The molecule has 1 fully saturated rings. The fraction of sp³-hybridized carbons (Fsp3) is 0.450. The number of piperidine rings is 1. The number of nitrogens with zero attached hydrogens (tertiary/aromatic N) is 2. The average Bonchev–Trinajstić information content (AvgIpc) is 2.72. The molecule has 0 spiro atoms. The zero-order valence-electron chi connectivity index (χ0n) is 16.0. The SMILES string of the molecule is CNC(=O)COC(=O)NCCC1(O)CCN(c2ccc3ccccc3n2)CC1. The van der Waals surface area contributed by atoms with Gasteiger partial charge >= 0.3 is 6.09 Å². The second-order valence-electron chi connectivity index (χ2n) is 7.00. The number of rotatable bonds is 6. The number of fused-ring (bicyclic) bond motifs is 1. The molecule has 1 aromatic heterocycles. The number of pyridine rings is 1. The molecule has 1 saturated heterocycles. The van der Waals surface area contributed by atoms with E-state index in [0.29, 0.717) is 32.4 Å². The van der Waals surface area contributed by atoms with Gasteiger partial charge in [-0.2, -0.15) is 0 Å². The lowest BCUT2D eigenvalue weighted by atomic mass is 9.88. The molecule has 8 nitrogen and oxygen atoms in total. The number of para-hydroxylation sites is 1. The minimum absolute atomic E-state index is 0.289. The second kappa shape index (κ2) is 8.88. The Morgan fingerprint density at radius 2 is 1.96 bits per heavy atom. The van der Waals surface area contributed by atoms with Gasteiger partial charge in [0.1, 0.15) is 5.82 Å². The lowest BCUT2D eigenvalue weighted by Crippen LogP contribution is -2.46. The lowest BCUT2D eigenvalue weighted by Gasteiger charge is -2.38. The van der Waals surface area contributed by atoms with E-state index in [0.717, 1.165) is 16.7 Å². The summed E-state index contributed by atoms with van der Waals surface area (Å²) in [5, 5.41) is 16.8. The maximum Gasteiger partial charge on any atom is 0.407 e. The van der Waals surface area contributed by atoms with Crippen LogP contribution in [0, 0.1) is 0 Å². The molecule has 1 aliphatic heterocycles. The maximum atomic E-state index is 11.5. The van der Waals surface area contributed by atoms with E-state index in [2.05, 4.69) is 21.6 Å². The van der Waals surface area contributed by atoms with Crippen molar-refractivity contribution in [2.24, 2.45) is 0 Å². The number of amides is 2. The molecule has 0 saturated carbocycles. The molecule has 2 aromatic rings. The molecule has 0 aliphatic carbocycles. The van der Waals surface area contributed by atoms with Gasteiger partial charge in [0.05, 0.1) is 11.1 Å². The van der Waals surface area contributed by atoms with Crippen LogP contribution in [0.15, 0.2) is 36.4 Å². The molecule has 2 amide bonds. The minimum atomic E-state index is -0.832. The molecule has 0 radical (unpaired) electrons. The first-order chi connectivity index (χ1) is 13.5. The van der Waals surface area contributed by atoms with Crippen molar-refractivity contribution in [1.82, 2.24) is 15.6 Å². The molecule has 0 atom stereocenters. The Morgan fingerprint density at radius 3 is 2.71 bits per heavy atom. The summed E-state index contributed by atoms with van der Waals surface area (Å²) in [7, 11) is 1.47. The van der Waals surface area contributed by atoms with Gasteiger partial charge in [-0.3, -0.25) is 4.79 Å². The number of carbonyl (C=O) groups excluding carboxylic acids is 2. The van der Waals surface area contributed by atoms with Gasteiger partial charge in [-0.15, -0.1) is 0 Å². The first-order valence-corrected chi connectivity index (χ1v) is 9.43. The highest BCUT2D eigenvalue weighted by atomic mass is 16.6. The predicted octanol–water partition coefficient (Wildman–Crippen LogP) is 1.43. The zero-order valence-corrected chi connectivity index (χ0v) is 16.0. The van der Waals surface area contributed by atoms with E-state index < -0.39 is 11.7 Å². The summed E-state index contributed by atoms with van der Waals surface area (Å²) in [4.78, 5) is 29.5. The van der Waals surface area contributed by atoms with Crippen molar-refractivity contribution in [1.29, 1.82) is 0 Å². The Labute approximate surface area is 163 Å². The van der Waals surface area contributed by atoms with E-state index in [1.165, 1.54) is 7.05 Å². The first kappa shape index (κ1) is 19.9. The van der Waals surface area contributed by atoms with Gasteiger partial charge in [0.15, 0.2) is 6.61 Å². The lowest BCUT2D eigenvalue weighted by molar-refractivity contribution is -0.123. The van der Waals surface area contributed by atoms with E-state index >= 15 is 0 Å². The van der Waals surface area contributed by atoms with Crippen molar-refractivity contribution in [2.75, 3.05) is 38.2 Å². The first-order valence-electron chi connectivity index (χ1n) is 9.43. The standard InChI is InChI=1S/C20H26N4O4/c1-21-18(25)14-28-19(26)22-11-8-20(27)9-12-24(13-10-20)17-7-6-15-4-2-3-5-16(15)23-17/h2-7,27H,8-14H2,1H3,(H,21,25)(H,22,26). The van der Waals surface area contributed by atoms with Crippen molar-refractivity contribution in [2.45, 2.75) is 24.9 Å². The van der Waals surface area contributed by atoms with Crippen molar-refractivity contribution in [3.8, 4) is 0 Å². The monoisotopic (exact) mass is 386 g/mol. The van der Waals surface area contributed by atoms with Crippen LogP contribution in [0.1, 0.15) is 19.3 Å². The third-order valence-electron chi connectivity index (χ3n) is 5.07. The summed E-state index contributed by atoms with van der Waals surface area (Å²) >= 11 is 0. The van der Waals surface area contributed by atoms with Crippen LogP contribution in [-0.4, -0.2) is 61.0 Å². The Bertz CT molecular complexity index is 834. The van der Waals surface area contributed by atoms with Gasteiger partial charge in [-0.1, -0.05) is 18.2 Å². The Kier molecular flexibility index (Phi) is 6.30. The summed E-state index contributed by atoms with van der Waals surface area (Å²) in [5.41, 5.74) is 0.127. The number of benzene rings is 1. The molecule has 2 heterocycles. The van der Waals surface area contributed by atoms with Gasteiger partial charge in [-0.05, 0) is 37.5 Å². The minimum Gasteiger partial charge on any atom is -0.439 e. The molecule has 3 rings (SSSR count). The predicted molar refractivity (Wildman–Crippen MR) is 106 cm³/mol. The van der Waals surface area contributed by atoms with Crippen molar-refractivity contribution < 1.29 is 19.4 Å². The third kappa shape index (κ3) is 5.10. The average molecular weight is 386 g/mol. The summed E-state index contributed by atoms with van der Waals surface area (Å²) in [5.74, 6) is 0.542. The number of likely N-dealkylation sites (N-methyl/N-ethyl adjacent to an activating group) is 1. The van der Waals surface area contributed by atoms with Gasteiger partial charge < -0.3 is 25.4 Å². The smallest absolute Gasteiger partial charge is 0.407 e. The number of alkyl carbamates (subject to hydrolysis) is 1. The van der Waals surface area contributed by atoms with Crippen molar-refractivity contribution in [3.63, 3.8) is 0 Å². The molecule has 0 unspecified atom stereocenters. The highest BCUT2D eigenvalue weighted by Crippen LogP contribution is 2.28. The fourth-order valence-corrected chi connectivity index (χ4v) is 3.28. The summed E-state index contributed by atoms with van der Waals surface area (Å²) in [6.07, 6.45) is 0.957. The Hall–Kier alpha value is -2.87.